The van der Waals surface area contributed by atoms with Crippen LogP contribution in [0.1, 0.15) is 66.5 Å². The van der Waals surface area contributed by atoms with E-state index in [4.69, 9.17) is 33.5 Å². The van der Waals surface area contributed by atoms with E-state index in [1.54, 1.807) is 5.32 Å². The third-order valence-electron chi connectivity index (χ3n) is 3.96. The molecule has 0 aliphatic carbocycles. The molecular weight excluding hydrogens is 393 g/mol. The molecule has 6 heteroatoms. The lowest BCUT2D eigenvalue weighted by Gasteiger charge is -2.37. The Kier molecular flexibility index (Phi) is 2.90. The third-order valence-corrected chi connectivity index (χ3v) is 3.96. The number of hydrogen-bond acceptors (Lipinski definition) is 3. The predicted molar refractivity (Wildman–Crippen MR) is 121 cm³/mol. The van der Waals surface area contributed by atoms with Crippen molar-refractivity contribution in [3.63, 3.8) is 0 Å². The van der Waals surface area contributed by atoms with Crippen LogP contribution in [0.15, 0.2) is 48.4 Å². The largest absolute Gasteiger partial charge is 0.493 e. The maximum Gasteiger partial charge on any atom is 0.318 e. The number of amides is 2. The van der Waals surface area contributed by atoms with Gasteiger partial charge in [-0.25, -0.2) is 9.18 Å². The monoisotopic (exact) mass is 448 g/mol. The van der Waals surface area contributed by atoms with E-state index in [0.717, 1.165) is 36.2 Å². The zero-order chi connectivity index (χ0) is 40.6. The number of piperidine rings is 1. The summed E-state index contributed by atoms with van der Waals surface area (Å²) < 4.78 is 190. The fourth-order valence-corrected chi connectivity index (χ4v) is 2.46. The van der Waals surface area contributed by atoms with Crippen LogP contribution in [0.4, 0.5) is 9.18 Å². The minimum atomic E-state index is -4.06. The zero-order valence-corrected chi connectivity index (χ0v) is 16.4. The topological polar surface area (TPSA) is 44.8 Å². The molecule has 1 N–H and O–H groups in total. The fourth-order valence-electron chi connectivity index (χ4n) is 2.46. The van der Waals surface area contributed by atoms with Crippen molar-refractivity contribution in [2.24, 2.45) is 5.89 Å². The fraction of sp³-hybridized carbons (Fsp3) is 0.480. The molecule has 0 spiro atoms. The second-order valence-electron chi connectivity index (χ2n) is 6.26. The van der Waals surface area contributed by atoms with E-state index in [1.165, 1.54) is 0 Å². The van der Waals surface area contributed by atoms with Crippen LogP contribution in [0.25, 0.3) is 0 Å². The summed E-state index contributed by atoms with van der Waals surface area (Å²) in [4.78, 5) is 14.9. The molecule has 0 radical (unpaired) electrons. The lowest BCUT2D eigenvalue weighted by atomic mass is 10.0. The van der Waals surface area contributed by atoms with Crippen molar-refractivity contribution in [2.45, 2.75) is 45.6 Å². The first-order chi connectivity index (χ1) is 23.1. The molecule has 0 aromatic heterocycles. The molecule has 0 saturated carbocycles. The third kappa shape index (κ3) is 7.24. The SMILES string of the molecule is [2H]c1c([2H])c(C([2H])([2H])NC(=O)N(C2CC([2H])([2H])N(C)C([2H])([2H])C2)C([2H])([2H])c2ccc(F)cc2)c([2H])c([2H])c1OC([2H])([2H])C([2H])(C([2H])([2H])[2H])C([2H])([2H])[2H]. The Balaban J connectivity index is 2.16. The van der Waals surface area contributed by atoms with Crippen molar-refractivity contribution in [1.82, 2.24) is 15.1 Å². The highest BCUT2D eigenvalue weighted by Gasteiger charge is 2.27. The normalized spacial score (nSPS) is 30.8. The van der Waals surface area contributed by atoms with E-state index in [1.807, 2.05) is 0 Å². The first-order valence-electron chi connectivity index (χ1n) is 19.5. The Morgan fingerprint density at radius 3 is 2.65 bits per heavy atom. The predicted octanol–water partition coefficient (Wildman–Crippen LogP) is 4.67. The number of benzene rings is 2. The van der Waals surface area contributed by atoms with Crippen LogP contribution >= 0.6 is 0 Å². The minimum absolute atomic E-state index is 0.278. The number of carbonyl (C=O) groups excluding carboxylic acids is 1. The Hall–Kier alpha value is -2.60. The molecule has 1 fully saturated rings. The minimum Gasteiger partial charge on any atom is -0.493 e. The van der Waals surface area contributed by atoms with Gasteiger partial charge in [0, 0.05) is 34.1 Å². The summed E-state index contributed by atoms with van der Waals surface area (Å²) in [6.07, 6.45) is -1.45. The van der Waals surface area contributed by atoms with E-state index in [2.05, 4.69) is 0 Å². The average Bonchev–Trinajstić information content (AvgIpc) is 2.95. The Morgan fingerprint density at radius 2 is 2.00 bits per heavy atom. The molecule has 1 heterocycles. The summed E-state index contributed by atoms with van der Waals surface area (Å²) in [6, 6.07) is -5.34. The molecule has 3 rings (SSSR count). The van der Waals surface area contributed by atoms with E-state index < -0.39 is 124 Å². The molecule has 0 bridgehead atoms. The van der Waals surface area contributed by atoms with Crippen molar-refractivity contribution in [3.8, 4) is 5.75 Å². The molecule has 2 aromatic carbocycles. The number of halogens is 1. The summed E-state index contributed by atoms with van der Waals surface area (Å²) >= 11 is 0. The number of nitrogens with one attached hydrogen (secondary N) is 1. The Morgan fingerprint density at radius 1 is 1.32 bits per heavy atom. The highest BCUT2D eigenvalue weighted by molar-refractivity contribution is 5.74. The van der Waals surface area contributed by atoms with Crippen LogP contribution < -0.4 is 10.1 Å². The maximum absolute atomic E-state index is 14.0. The molecular formula is C25H34FN3O2. The van der Waals surface area contributed by atoms with Crippen LogP contribution in [0.3, 0.4) is 0 Å². The second-order valence-corrected chi connectivity index (χ2v) is 6.26. The van der Waals surface area contributed by atoms with Gasteiger partial charge in [-0.05, 0) is 74.1 Å². The summed E-state index contributed by atoms with van der Waals surface area (Å²) in [5, 5.41) is 1.74. The Labute approximate surface area is 214 Å². The molecule has 2 amide bonds. The van der Waals surface area contributed by atoms with Crippen molar-refractivity contribution in [2.75, 3.05) is 26.6 Å². The van der Waals surface area contributed by atoms with Crippen LogP contribution in [-0.2, 0) is 13.0 Å². The molecule has 31 heavy (non-hydrogen) atoms. The van der Waals surface area contributed by atoms with Gasteiger partial charge in [-0.2, -0.15) is 0 Å². The van der Waals surface area contributed by atoms with Crippen molar-refractivity contribution < 1.29 is 42.7 Å². The van der Waals surface area contributed by atoms with Gasteiger partial charge in [-0.3, -0.25) is 0 Å². The number of urea groups is 1. The number of rotatable bonds is 8. The van der Waals surface area contributed by atoms with Gasteiger partial charge in [0.2, 0.25) is 0 Å². The van der Waals surface area contributed by atoms with E-state index >= 15 is 0 Å². The van der Waals surface area contributed by atoms with Crippen LogP contribution in [0.5, 0.6) is 5.75 Å². The first-order valence-corrected chi connectivity index (χ1v) is 9.00. The van der Waals surface area contributed by atoms with E-state index in [0.29, 0.717) is 0 Å². The van der Waals surface area contributed by atoms with Gasteiger partial charge in [-0.15, -0.1) is 0 Å². The van der Waals surface area contributed by atoms with Gasteiger partial charge in [-0.1, -0.05) is 37.9 Å². The van der Waals surface area contributed by atoms with Crippen molar-refractivity contribution in [3.05, 3.63) is 65.4 Å². The van der Waals surface area contributed by atoms with Crippen LogP contribution in [0.2, 0.25) is 0 Å². The van der Waals surface area contributed by atoms with Crippen molar-refractivity contribution >= 4 is 6.03 Å². The van der Waals surface area contributed by atoms with E-state index in [9.17, 15) is 9.18 Å². The molecule has 5 nitrogen and oxygen atoms in total. The standard InChI is InChI=1S/C25H34FN3O2/c1-19(2)18-31-24-10-6-20(7-11-24)16-27-25(30)29(23-12-14-28(3)15-13-23)17-21-4-8-22(26)9-5-21/h4-11,19,23H,12-18H2,1-3H3,(H,27,30)/i1D3,2D3,6D,7D,10D,11D,14D2,15D2,16D2,17D2,18D2,19D. The summed E-state index contributed by atoms with van der Waals surface area (Å²) in [7, 11) is 1.12. The highest BCUT2D eigenvalue weighted by Crippen LogP contribution is 2.19. The molecule has 0 atom stereocenters. The number of nitrogens with zero attached hydrogens (tertiary/aromatic N) is 2. The summed E-state index contributed by atoms with van der Waals surface area (Å²) in [5.41, 5.74) is -1.66. The number of likely N-dealkylation sites (tertiary alicyclic amines) is 1. The van der Waals surface area contributed by atoms with Gasteiger partial charge < -0.3 is 19.9 Å². The number of carbonyl (C=O) groups is 1. The lowest BCUT2D eigenvalue weighted by molar-refractivity contribution is 0.127. The lowest BCUT2D eigenvalue weighted by Crippen LogP contribution is -2.49. The van der Waals surface area contributed by atoms with Gasteiger partial charge in [0.1, 0.15) is 11.6 Å². The molecule has 2 aromatic rings. The van der Waals surface area contributed by atoms with Gasteiger partial charge in [0.25, 0.3) is 0 Å². The molecule has 1 saturated heterocycles. The van der Waals surface area contributed by atoms with Gasteiger partial charge in [0.15, 0.2) is 0 Å². The smallest absolute Gasteiger partial charge is 0.318 e. The van der Waals surface area contributed by atoms with Crippen LogP contribution in [-0.4, -0.2) is 48.5 Å². The number of ether oxygens (including phenoxy) is 1. The highest BCUT2D eigenvalue weighted by atomic mass is 19.1. The molecule has 1 aliphatic rings. The Bertz CT molecular complexity index is 1620. The molecule has 0 unspecified atom stereocenters. The van der Waals surface area contributed by atoms with Crippen LogP contribution in [0, 0.1) is 11.7 Å². The number of hydrogen-bond donors (Lipinski definition) is 1. The quantitative estimate of drug-likeness (QED) is 0.638. The van der Waals surface area contributed by atoms with Crippen molar-refractivity contribution in [1.29, 1.82) is 0 Å². The zero-order valence-electron chi connectivity index (χ0n) is 37.4. The molecule has 168 valence electrons. The maximum atomic E-state index is 14.0. The first kappa shape index (κ1) is 8.07. The van der Waals surface area contributed by atoms with E-state index in [-0.39, 0.29) is 4.90 Å². The van der Waals surface area contributed by atoms with Gasteiger partial charge >= 0.3 is 6.03 Å². The van der Waals surface area contributed by atoms with Gasteiger partial charge in [0.05, 0.1) is 20.3 Å². The second kappa shape index (κ2) is 11.1. The average molecular weight is 449 g/mol. The molecule has 1 aliphatic heterocycles. The summed E-state index contributed by atoms with van der Waals surface area (Å²) in [5.74, 6) is -6.27. The summed E-state index contributed by atoms with van der Waals surface area (Å²) in [6.45, 7) is -23.4.